The van der Waals surface area contributed by atoms with Gasteiger partial charge in [-0.3, -0.25) is 0 Å². The highest BCUT2D eigenvalue weighted by Crippen LogP contribution is 2.47. The Kier molecular flexibility index (Phi) is 7.76. The van der Waals surface area contributed by atoms with E-state index in [9.17, 15) is 9.90 Å². The van der Waals surface area contributed by atoms with Gasteiger partial charge >= 0.3 is 5.97 Å². The summed E-state index contributed by atoms with van der Waals surface area (Å²) in [7, 11) is 0. The second kappa shape index (κ2) is 11.0. The largest absolute Gasteiger partial charge is 0.494 e. The van der Waals surface area contributed by atoms with Gasteiger partial charge in [0.05, 0.1) is 13.2 Å². The topological polar surface area (TPSA) is 65.0 Å². The minimum atomic E-state index is -1.37. The summed E-state index contributed by atoms with van der Waals surface area (Å²) in [4.78, 5) is 11.7. The molecule has 5 nitrogen and oxygen atoms in total. The molecule has 0 aromatic heterocycles. The Morgan fingerprint density at radius 2 is 1.57 bits per heavy atom. The number of rotatable bonds is 12. The normalized spacial score (nSPS) is 15.7. The molecule has 0 bridgehead atoms. The molecule has 0 saturated heterocycles. The summed E-state index contributed by atoms with van der Waals surface area (Å²) in [6.07, 6.45) is 2.98. The Balaban J connectivity index is 1.46. The molecule has 0 aliphatic heterocycles. The van der Waals surface area contributed by atoms with Crippen molar-refractivity contribution in [2.24, 2.45) is 0 Å². The average Bonchev–Trinajstić information content (AvgIpc) is 3.18. The number of hydrogen-bond donors (Lipinski definition) is 1. The summed E-state index contributed by atoms with van der Waals surface area (Å²) in [5, 5.41) is 9.62. The van der Waals surface area contributed by atoms with Crippen LogP contribution in [0.25, 0.3) is 11.1 Å². The third kappa shape index (κ3) is 5.20. The summed E-state index contributed by atoms with van der Waals surface area (Å²) in [6, 6.07) is 22.1. The molecule has 0 heterocycles. The van der Waals surface area contributed by atoms with Crippen LogP contribution < -0.4 is 9.47 Å². The first-order valence-electron chi connectivity index (χ1n) is 12.4. The number of ether oxygens (including phenoxy) is 3. The lowest BCUT2D eigenvalue weighted by Crippen LogP contribution is -2.35. The van der Waals surface area contributed by atoms with Gasteiger partial charge in [0.1, 0.15) is 11.5 Å². The van der Waals surface area contributed by atoms with Crippen LogP contribution in [0.2, 0.25) is 0 Å². The fraction of sp³-hybridized carbons (Fsp3) is 0.367. The number of aliphatic carboxylic acids is 1. The average molecular weight is 475 g/mol. The lowest BCUT2D eigenvalue weighted by atomic mass is 9.94. The van der Waals surface area contributed by atoms with Gasteiger partial charge in [0.2, 0.25) is 0 Å². The molecule has 1 N–H and O–H groups in total. The minimum absolute atomic E-state index is 0.239. The number of carboxylic acids is 1. The fourth-order valence-corrected chi connectivity index (χ4v) is 4.74. The van der Waals surface area contributed by atoms with Crippen LogP contribution in [0.4, 0.5) is 0 Å². The van der Waals surface area contributed by atoms with Crippen molar-refractivity contribution in [1.82, 2.24) is 0 Å². The molecule has 0 saturated carbocycles. The van der Waals surface area contributed by atoms with Crippen molar-refractivity contribution < 1.29 is 24.1 Å². The quantitative estimate of drug-likeness (QED) is 0.293. The van der Waals surface area contributed by atoms with Crippen LogP contribution >= 0.6 is 0 Å². The Labute approximate surface area is 207 Å². The molecule has 1 aliphatic carbocycles. The summed E-state index contributed by atoms with van der Waals surface area (Å²) >= 11 is 0. The van der Waals surface area contributed by atoms with Crippen LogP contribution in [0.15, 0.2) is 66.7 Å². The first-order chi connectivity index (χ1) is 17.0. The van der Waals surface area contributed by atoms with Gasteiger partial charge in [-0.05, 0) is 78.8 Å². The molecule has 0 radical (unpaired) electrons. The van der Waals surface area contributed by atoms with E-state index in [0.717, 1.165) is 31.6 Å². The molecular weight excluding hydrogens is 440 g/mol. The van der Waals surface area contributed by atoms with E-state index >= 15 is 0 Å². The van der Waals surface area contributed by atoms with Crippen LogP contribution in [0.5, 0.6) is 11.5 Å². The Morgan fingerprint density at radius 1 is 0.886 bits per heavy atom. The molecule has 4 rings (SSSR count). The fourth-order valence-electron chi connectivity index (χ4n) is 4.74. The number of carboxylic acid groups (broad SMARTS) is 1. The van der Waals surface area contributed by atoms with Gasteiger partial charge in [-0.15, -0.1) is 0 Å². The number of carbonyl (C=O) groups is 1. The second-order valence-corrected chi connectivity index (χ2v) is 9.02. The van der Waals surface area contributed by atoms with Crippen molar-refractivity contribution in [2.45, 2.75) is 51.6 Å². The molecule has 2 unspecified atom stereocenters. The highest BCUT2D eigenvalue weighted by molar-refractivity contribution is 5.80. The van der Waals surface area contributed by atoms with E-state index in [1.807, 2.05) is 12.1 Å². The Hall–Kier alpha value is -3.31. The van der Waals surface area contributed by atoms with E-state index in [-0.39, 0.29) is 5.92 Å². The van der Waals surface area contributed by atoms with E-state index in [0.29, 0.717) is 24.5 Å². The zero-order valence-electron chi connectivity index (χ0n) is 20.8. The standard InChI is InChI=1S/C30H34O5/c1-4-6-18-33-23-15-16-26-24-9-7-8-10-25(24)27(28(26)20-23)17-19-34-22-13-11-21(12-14-22)30(3,29(31)32)35-5-2/h7-16,20,27H,4-6,17-19H2,1-3H3,(H,31,32). The molecule has 5 heteroatoms. The van der Waals surface area contributed by atoms with Crippen molar-refractivity contribution in [3.8, 4) is 22.6 Å². The molecule has 2 atom stereocenters. The number of unbranched alkanes of at least 4 members (excludes halogenated alkanes) is 1. The molecule has 184 valence electrons. The highest BCUT2D eigenvalue weighted by Gasteiger charge is 2.36. The van der Waals surface area contributed by atoms with Crippen LogP contribution in [-0.2, 0) is 15.1 Å². The van der Waals surface area contributed by atoms with Crippen molar-refractivity contribution in [1.29, 1.82) is 0 Å². The molecular formula is C30H34O5. The molecule has 0 fully saturated rings. The second-order valence-electron chi connectivity index (χ2n) is 9.02. The number of benzene rings is 3. The SMILES string of the molecule is CCCCOc1ccc2c(c1)C(CCOc1ccc(C(C)(OCC)C(=O)O)cc1)c1ccccc1-2. The summed E-state index contributed by atoms with van der Waals surface area (Å²) < 4.78 is 17.6. The Morgan fingerprint density at radius 3 is 2.29 bits per heavy atom. The van der Waals surface area contributed by atoms with Gasteiger partial charge in [0.25, 0.3) is 0 Å². The maximum absolute atomic E-state index is 11.7. The van der Waals surface area contributed by atoms with Crippen LogP contribution in [0, 0.1) is 0 Å². The molecule has 3 aromatic carbocycles. The number of fused-ring (bicyclic) bond motifs is 3. The van der Waals surface area contributed by atoms with Gasteiger partial charge < -0.3 is 19.3 Å². The van der Waals surface area contributed by atoms with Gasteiger partial charge in [0, 0.05) is 12.5 Å². The lowest BCUT2D eigenvalue weighted by Gasteiger charge is -2.25. The van der Waals surface area contributed by atoms with E-state index < -0.39 is 11.6 Å². The first kappa shape index (κ1) is 24.8. The van der Waals surface area contributed by atoms with Gasteiger partial charge in [-0.1, -0.05) is 55.8 Å². The van der Waals surface area contributed by atoms with Crippen LogP contribution in [0.3, 0.4) is 0 Å². The third-order valence-corrected chi connectivity index (χ3v) is 6.71. The van der Waals surface area contributed by atoms with Gasteiger partial charge in [-0.25, -0.2) is 4.79 Å². The predicted octanol–water partition coefficient (Wildman–Crippen LogP) is 6.78. The zero-order valence-corrected chi connectivity index (χ0v) is 20.8. The predicted molar refractivity (Wildman–Crippen MR) is 137 cm³/mol. The molecule has 0 spiro atoms. The number of hydrogen-bond acceptors (Lipinski definition) is 4. The van der Waals surface area contributed by atoms with Gasteiger partial charge in [0.15, 0.2) is 5.60 Å². The summed E-state index contributed by atoms with van der Waals surface area (Å²) in [6.45, 7) is 7.12. The monoisotopic (exact) mass is 474 g/mol. The molecule has 0 amide bonds. The lowest BCUT2D eigenvalue weighted by molar-refractivity contribution is -0.164. The zero-order chi connectivity index (χ0) is 24.8. The van der Waals surface area contributed by atoms with Crippen molar-refractivity contribution in [3.63, 3.8) is 0 Å². The van der Waals surface area contributed by atoms with Crippen LogP contribution in [-0.4, -0.2) is 30.9 Å². The van der Waals surface area contributed by atoms with E-state index in [4.69, 9.17) is 14.2 Å². The molecule has 1 aliphatic rings. The molecule has 3 aromatic rings. The van der Waals surface area contributed by atoms with Crippen molar-refractivity contribution in [3.05, 3.63) is 83.4 Å². The highest BCUT2D eigenvalue weighted by atomic mass is 16.5. The summed E-state index contributed by atoms with van der Waals surface area (Å²) in [5.74, 6) is 0.858. The minimum Gasteiger partial charge on any atom is -0.494 e. The Bertz CT molecular complexity index is 1150. The maximum Gasteiger partial charge on any atom is 0.340 e. The smallest absolute Gasteiger partial charge is 0.340 e. The first-order valence-corrected chi connectivity index (χ1v) is 12.4. The van der Waals surface area contributed by atoms with Crippen molar-refractivity contribution in [2.75, 3.05) is 19.8 Å². The van der Waals surface area contributed by atoms with E-state index in [1.54, 1.807) is 26.0 Å². The van der Waals surface area contributed by atoms with Gasteiger partial charge in [-0.2, -0.15) is 0 Å². The van der Waals surface area contributed by atoms with Crippen molar-refractivity contribution >= 4 is 5.97 Å². The summed E-state index contributed by atoms with van der Waals surface area (Å²) in [5.41, 5.74) is 4.37. The van der Waals surface area contributed by atoms with Crippen LogP contribution in [0.1, 0.15) is 62.6 Å². The molecule has 35 heavy (non-hydrogen) atoms. The maximum atomic E-state index is 11.7. The van der Waals surface area contributed by atoms with E-state index in [1.165, 1.54) is 22.3 Å². The van der Waals surface area contributed by atoms with E-state index in [2.05, 4.69) is 49.4 Å². The third-order valence-electron chi connectivity index (χ3n) is 6.71.